The van der Waals surface area contributed by atoms with Crippen molar-refractivity contribution in [2.24, 2.45) is 0 Å². The Labute approximate surface area is 168 Å². The van der Waals surface area contributed by atoms with E-state index in [-0.39, 0.29) is 5.78 Å². The minimum atomic E-state index is -0.625. The molecule has 6 nitrogen and oxygen atoms in total. The van der Waals surface area contributed by atoms with Crippen molar-refractivity contribution in [2.45, 2.75) is 6.04 Å². The molecule has 0 saturated carbocycles. The van der Waals surface area contributed by atoms with Crippen LogP contribution in [0.4, 0.5) is 5.69 Å². The highest BCUT2D eigenvalue weighted by atomic mass is 16.5. The topological polar surface area (TPSA) is 76.2 Å². The lowest BCUT2D eigenvalue weighted by molar-refractivity contribution is 0.0971. The van der Waals surface area contributed by atoms with Crippen LogP contribution in [0.1, 0.15) is 22.0 Å². The predicted octanol–water partition coefficient (Wildman–Crippen LogP) is 4.62. The Bertz CT molecular complexity index is 1140. The fourth-order valence-electron chi connectivity index (χ4n) is 3.29. The van der Waals surface area contributed by atoms with E-state index < -0.39 is 6.04 Å². The molecule has 146 valence electrons. The second-order valence-corrected chi connectivity index (χ2v) is 6.56. The molecule has 2 aromatic carbocycles. The summed E-state index contributed by atoms with van der Waals surface area (Å²) in [6, 6.07) is 18.2. The molecular formula is C23H21N3O3. The number of fused-ring (bicyclic) bond motifs is 1. The molecule has 4 aromatic rings. The van der Waals surface area contributed by atoms with Crippen molar-refractivity contribution in [3.8, 4) is 11.6 Å². The quantitative estimate of drug-likeness (QED) is 0.453. The molecular weight excluding hydrogens is 366 g/mol. The molecule has 0 aliphatic rings. The van der Waals surface area contributed by atoms with Crippen LogP contribution in [0.3, 0.4) is 0 Å². The first-order chi connectivity index (χ1) is 14.2. The Balaban J connectivity index is 1.75. The van der Waals surface area contributed by atoms with Gasteiger partial charge in [0.2, 0.25) is 5.88 Å². The van der Waals surface area contributed by atoms with Crippen molar-refractivity contribution in [1.29, 1.82) is 0 Å². The van der Waals surface area contributed by atoms with Gasteiger partial charge in [0.25, 0.3) is 0 Å². The number of ketones is 1. The number of ether oxygens (including phenoxy) is 2. The zero-order chi connectivity index (χ0) is 20.2. The number of H-pyrrole nitrogens is 1. The molecule has 0 saturated heterocycles. The molecule has 0 amide bonds. The fourth-order valence-corrected chi connectivity index (χ4v) is 3.29. The first-order valence-corrected chi connectivity index (χ1v) is 9.20. The number of methoxy groups -OCH3 is 2. The lowest BCUT2D eigenvalue weighted by atomic mass is 9.97. The Morgan fingerprint density at radius 3 is 2.66 bits per heavy atom. The van der Waals surface area contributed by atoms with E-state index in [2.05, 4.69) is 15.3 Å². The van der Waals surface area contributed by atoms with E-state index >= 15 is 0 Å². The maximum Gasteiger partial charge on any atom is 0.212 e. The number of nitrogens with zero attached hydrogens (tertiary/aromatic N) is 1. The lowest BCUT2D eigenvalue weighted by Crippen LogP contribution is -2.21. The van der Waals surface area contributed by atoms with Crippen molar-refractivity contribution in [3.63, 3.8) is 0 Å². The average molecular weight is 387 g/mol. The summed E-state index contributed by atoms with van der Waals surface area (Å²) < 4.78 is 10.5. The molecule has 1 atom stereocenters. The number of hydrogen-bond donors (Lipinski definition) is 2. The van der Waals surface area contributed by atoms with Gasteiger partial charge in [0, 0.05) is 52.2 Å². The number of aromatic nitrogens is 2. The third kappa shape index (κ3) is 3.78. The zero-order valence-corrected chi connectivity index (χ0v) is 16.2. The highest BCUT2D eigenvalue weighted by molar-refractivity contribution is 6.11. The summed E-state index contributed by atoms with van der Waals surface area (Å²) in [5.41, 5.74) is 3.06. The van der Waals surface area contributed by atoms with Crippen molar-refractivity contribution in [1.82, 2.24) is 9.97 Å². The van der Waals surface area contributed by atoms with Crippen LogP contribution < -0.4 is 14.8 Å². The standard InChI is InChI=1S/C23H21N3O3/c1-28-17-7-5-6-16(12-17)26-22(15-10-11-21(29-2)25-13-15)23(27)19-14-24-20-9-4-3-8-18(19)20/h3-14,22,24,26H,1-2H3. The first-order valence-electron chi connectivity index (χ1n) is 9.20. The highest BCUT2D eigenvalue weighted by Crippen LogP contribution is 2.29. The predicted molar refractivity (Wildman–Crippen MR) is 113 cm³/mol. The number of para-hydroxylation sites is 1. The van der Waals surface area contributed by atoms with Gasteiger partial charge < -0.3 is 19.8 Å². The summed E-state index contributed by atoms with van der Waals surface area (Å²) in [6.07, 6.45) is 3.41. The molecule has 0 spiro atoms. The number of Topliss-reactive ketones (excluding diaryl/α,β-unsaturated/α-hetero) is 1. The Morgan fingerprint density at radius 1 is 1.03 bits per heavy atom. The smallest absolute Gasteiger partial charge is 0.212 e. The second-order valence-electron chi connectivity index (χ2n) is 6.56. The lowest BCUT2D eigenvalue weighted by Gasteiger charge is -2.19. The van der Waals surface area contributed by atoms with Gasteiger partial charge in [0.15, 0.2) is 5.78 Å². The molecule has 0 aliphatic carbocycles. The molecule has 0 radical (unpaired) electrons. The van der Waals surface area contributed by atoms with Gasteiger partial charge in [0.1, 0.15) is 11.8 Å². The molecule has 4 rings (SSSR count). The Hall–Kier alpha value is -3.80. The molecule has 29 heavy (non-hydrogen) atoms. The van der Waals surface area contributed by atoms with Crippen molar-refractivity contribution >= 4 is 22.4 Å². The average Bonchev–Trinajstić information content (AvgIpc) is 3.21. The summed E-state index contributed by atoms with van der Waals surface area (Å²) >= 11 is 0. The molecule has 0 aliphatic heterocycles. The number of anilines is 1. The van der Waals surface area contributed by atoms with E-state index in [1.807, 2.05) is 54.6 Å². The van der Waals surface area contributed by atoms with E-state index in [0.29, 0.717) is 17.2 Å². The van der Waals surface area contributed by atoms with Crippen molar-refractivity contribution < 1.29 is 14.3 Å². The maximum absolute atomic E-state index is 13.6. The monoisotopic (exact) mass is 387 g/mol. The highest BCUT2D eigenvalue weighted by Gasteiger charge is 2.25. The summed E-state index contributed by atoms with van der Waals surface area (Å²) in [6.45, 7) is 0. The summed E-state index contributed by atoms with van der Waals surface area (Å²) in [4.78, 5) is 21.0. The third-order valence-electron chi connectivity index (χ3n) is 4.80. The molecule has 1 unspecified atom stereocenters. The summed E-state index contributed by atoms with van der Waals surface area (Å²) in [5, 5.41) is 4.22. The van der Waals surface area contributed by atoms with E-state index in [0.717, 1.165) is 22.2 Å². The number of benzene rings is 2. The minimum Gasteiger partial charge on any atom is -0.497 e. The van der Waals surface area contributed by atoms with Gasteiger partial charge in [-0.25, -0.2) is 4.98 Å². The Morgan fingerprint density at radius 2 is 1.90 bits per heavy atom. The van der Waals surface area contributed by atoms with Crippen molar-refractivity contribution in [2.75, 3.05) is 19.5 Å². The van der Waals surface area contributed by atoms with Crippen LogP contribution >= 0.6 is 0 Å². The normalized spacial score (nSPS) is 11.8. The molecule has 2 N–H and O–H groups in total. The Kier molecular flexibility index (Phi) is 5.16. The van der Waals surface area contributed by atoms with Crippen molar-refractivity contribution in [3.05, 3.63) is 84.2 Å². The number of nitrogens with one attached hydrogen (secondary N) is 2. The largest absolute Gasteiger partial charge is 0.497 e. The van der Waals surface area contributed by atoms with Gasteiger partial charge in [-0.15, -0.1) is 0 Å². The van der Waals surface area contributed by atoms with Crippen LogP contribution in [0.15, 0.2) is 73.1 Å². The number of hydrogen-bond acceptors (Lipinski definition) is 5. The number of carbonyl (C=O) groups excluding carboxylic acids is 1. The molecule has 6 heteroatoms. The van der Waals surface area contributed by atoms with Gasteiger partial charge >= 0.3 is 0 Å². The number of carbonyl (C=O) groups is 1. The molecule has 0 bridgehead atoms. The van der Waals surface area contributed by atoms with Gasteiger partial charge in [-0.1, -0.05) is 24.3 Å². The van der Waals surface area contributed by atoms with Gasteiger partial charge in [-0.2, -0.15) is 0 Å². The van der Waals surface area contributed by atoms with Gasteiger partial charge in [-0.05, 0) is 24.3 Å². The van der Waals surface area contributed by atoms with E-state index in [4.69, 9.17) is 9.47 Å². The molecule has 2 aromatic heterocycles. The van der Waals surface area contributed by atoms with Gasteiger partial charge in [-0.3, -0.25) is 4.79 Å². The van der Waals surface area contributed by atoms with Crippen LogP contribution in [0.5, 0.6) is 11.6 Å². The number of aromatic amines is 1. The van der Waals surface area contributed by atoms with E-state index in [1.165, 1.54) is 0 Å². The van der Waals surface area contributed by atoms with Crippen LogP contribution in [-0.2, 0) is 0 Å². The maximum atomic E-state index is 13.6. The fraction of sp³-hybridized carbons (Fsp3) is 0.130. The summed E-state index contributed by atoms with van der Waals surface area (Å²) in [7, 11) is 3.17. The number of pyridine rings is 1. The minimum absolute atomic E-state index is 0.0581. The van der Waals surface area contributed by atoms with Crippen LogP contribution in [0.25, 0.3) is 10.9 Å². The van der Waals surface area contributed by atoms with E-state index in [1.54, 1.807) is 32.7 Å². The van der Waals surface area contributed by atoms with Crippen LogP contribution in [-0.4, -0.2) is 30.0 Å². The zero-order valence-electron chi connectivity index (χ0n) is 16.2. The number of rotatable bonds is 7. The second kappa shape index (κ2) is 8.06. The SMILES string of the molecule is COc1cccc(NC(C(=O)c2c[nH]c3ccccc23)c2ccc(OC)nc2)c1. The van der Waals surface area contributed by atoms with Crippen LogP contribution in [0, 0.1) is 0 Å². The first kappa shape index (κ1) is 18.6. The molecule has 0 fully saturated rings. The summed E-state index contributed by atoms with van der Waals surface area (Å²) in [5.74, 6) is 1.15. The van der Waals surface area contributed by atoms with E-state index in [9.17, 15) is 4.79 Å². The van der Waals surface area contributed by atoms with Gasteiger partial charge in [0.05, 0.1) is 14.2 Å². The molecule has 2 heterocycles. The van der Waals surface area contributed by atoms with Crippen LogP contribution in [0.2, 0.25) is 0 Å². The third-order valence-corrected chi connectivity index (χ3v) is 4.80.